The van der Waals surface area contributed by atoms with Crippen LogP contribution >= 0.6 is 0 Å². The van der Waals surface area contributed by atoms with E-state index >= 15 is 0 Å². The summed E-state index contributed by atoms with van der Waals surface area (Å²) >= 11 is 0. The fourth-order valence-corrected chi connectivity index (χ4v) is 3.62. The van der Waals surface area contributed by atoms with Gasteiger partial charge in [-0.05, 0) is 43.0 Å². The number of benzene rings is 1. The van der Waals surface area contributed by atoms with Crippen LogP contribution in [-0.2, 0) is 16.6 Å². The SMILES string of the molecule is CS(=O)Cc1cccc(C(=O)NC2CCCCC2CN)c1. The lowest BCUT2D eigenvalue weighted by molar-refractivity contribution is 0.0908. The van der Waals surface area contributed by atoms with E-state index in [9.17, 15) is 9.00 Å². The maximum atomic E-state index is 12.4. The van der Waals surface area contributed by atoms with Crippen LogP contribution in [0.1, 0.15) is 41.6 Å². The summed E-state index contributed by atoms with van der Waals surface area (Å²) in [5.74, 6) is 0.814. The van der Waals surface area contributed by atoms with E-state index in [-0.39, 0.29) is 11.9 Å². The number of nitrogens with one attached hydrogen (secondary N) is 1. The highest BCUT2D eigenvalue weighted by Crippen LogP contribution is 2.23. The minimum Gasteiger partial charge on any atom is -0.349 e. The molecule has 3 atom stereocenters. The van der Waals surface area contributed by atoms with Crippen LogP contribution in [0.25, 0.3) is 0 Å². The Morgan fingerprint density at radius 3 is 2.86 bits per heavy atom. The zero-order chi connectivity index (χ0) is 15.2. The molecule has 0 heterocycles. The van der Waals surface area contributed by atoms with Gasteiger partial charge in [0.2, 0.25) is 0 Å². The van der Waals surface area contributed by atoms with E-state index < -0.39 is 10.8 Å². The minimum absolute atomic E-state index is 0.0518. The molecule has 1 amide bonds. The number of carbonyl (C=O) groups is 1. The second kappa shape index (κ2) is 7.71. The van der Waals surface area contributed by atoms with E-state index in [4.69, 9.17) is 5.73 Å². The van der Waals surface area contributed by atoms with Gasteiger partial charge in [0.1, 0.15) is 0 Å². The van der Waals surface area contributed by atoms with Gasteiger partial charge in [0.15, 0.2) is 0 Å². The third-order valence-electron chi connectivity index (χ3n) is 4.09. The molecule has 0 bridgehead atoms. The van der Waals surface area contributed by atoms with Gasteiger partial charge in [-0.25, -0.2) is 0 Å². The molecule has 3 N–H and O–H groups in total. The Balaban J connectivity index is 2.03. The maximum Gasteiger partial charge on any atom is 0.251 e. The van der Waals surface area contributed by atoms with Crippen molar-refractivity contribution in [3.8, 4) is 0 Å². The fraction of sp³-hybridized carbons (Fsp3) is 0.562. The van der Waals surface area contributed by atoms with Crippen LogP contribution in [0.2, 0.25) is 0 Å². The first-order valence-corrected chi connectivity index (χ1v) is 9.22. The molecule has 1 fully saturated rings. The molecule has 1 saturated carbocycles. The Morgan fingerprint density at radius 1 is 1.38 bits per heavy atom. The summed E-state index contributed by atoms with van der Waals surface area (Å²) in [6, 6.07) is 7.56. The van der Waals surface area contributed by atoms with Crippen LogP contribution in [0.15, 0.2) is 24.3 Å². The van der Waals surface area contributed by atoms with E-state index in [1.165, 1.54) is 6.42 Å². The predicted octanol–water partition coefficient (Wildman–Crippen LogP) is 1.81. The van der Waals surface area contributed by atoms with Gasteiger partial charge in [-0.15, -0.1) is 0 Å². The monoisotopic (exact) mass is 308 g/mol. The summed E-state index contributed by atoms with van der Waals surface area (Å²) in [6.07, 6.45) is 6.12. The van der Waals surface area contributed by atoms with Crippen molar-refractivity contribution in [1.82, 2.24) is 5.32 Å². The molecule has 2 rings (SSSR count). The molecule has 0 saturated heterocycles. The highest BCUT2D eigenvalue weighted by molar-refractivity contribution is 7.83. The van der Waals surface area contributed by atoms with Crippen LogP contribution in [0.4, 0.5) is 0 Å². The van der Waals surface area contributed by atoms with Crippen molar-refractivity contribution in [2.24, 2.45) is 11.7 Å². The van der Waals surface area contributed by atoms with Crippen molar-refractivity contribution in [3.05, 3.63) is 35.4 Å². The number of rotatable bonds is 5. The zero-order valence-corrected chi connectivity index (χ0v) is 13.3. The first-order valence-electron chi connectivity index (χ1n) is 7.50. The van der Waals surface area contributed by atoms with Crippen molar-refractivity contribution in [2.45, 2.75) is 37.5 Å². The average Bonchev–Trinajstić information content (AvgIpc) is 2.47. The first kappa shape index (κ1) is 16.2. The Kier molecular flexibility index (Phi) is 5.94. The van der Waals surface area contributed by atoms with Gasteiger partial charge in [0, 0.05) is 34.4 Å². The smallest absolute Gasteiger partial charge is 0.251 e. The third kappa shape index (κ3) is 4.64. The molecule has 0 spiro atoms. The molecule has 4 nitrogen and oxygen atoms in total. The van der Waals surface area contributed by atoms with Crippen molar-refractivity contribution in [3.63, 3.8) is 0 Å². The number of carbonyl (C=O) groups excluding carboxylic acids is 1. The lowest BCUT2D eigenvalue weighted by atomic mass is 9.84. The van der Waals surface area contributed by atoms with Crippen molar-refractivity contribution < 1.29 is 9.00 Å². The van der Waals surface area contributed by atoms with Gasteiger partial charge in [-0.1, -0.05) is 25.0 Å². The summed E-state index contributed by atoms with van der Waals surface area (Å²) < 4.78 is 11.3. The molecule has 1 aromatic carbocycles. The fourth-order valence-electron chi connectivity index (χ4n) is 2.97. The second-order valence-electron chi connectivity index (χ2n) is 5.78. The molecule has 1 aliphatic carbocycles. The van der Waals surface area contributed by atoms with E-state index in [0.717, 1.165) is 24.8 Å². The second-order valence-corrected chi connectivity index (χ2v) is 7.21. The van der Waals surface area contributed by atoms with Crippen LogP contribution in [0.5, 0.6) is 0 Å². The molecule has 0 aliphatic heterocycles. The summed E-state index contributed by atoms with van der Waals surface area (Å²) in [5, 5.41) is 3.12. The third-order valence-corrected chi connectivity index (χ3v) is 4.83. The van der Waals surface area contributed by atoms with Gasteiger partial charge in [-0.3, -0.25) is 9.00 Å². The lowest BCUT2D eigenvalue weighted by Crippen LogP contribution is -2.44. The van der Waals surface area contributed by atoms with Gasteiger partial charge >= 0.3 is 0 Å². The van der Waals surface area contributed by atoms with E-state index in [1.807, 2.05) is 18.2 Å². The van der Waals surface area contributed by atoms with E-state index in [1.54, 1.807) is 12.3 Å². The molecule has 0 radical (unpaired) electrons. The van der Waals surface area contributed by atoms with Crippen LogP contribution < -0.4 is 11.1 Å². The molecule has 3 unspecified atom stereocenters. The normalized spacial score (nSPS) is 23.5. The molecule has 1 aromatic rings. The zero-order valence-electron chi connectivity index (χ0n) is 12.5. The summed E-state index contributed by atoms with van der Waals surface area (Å²) in [7, 11) is -0.900. The lowest BCUT2D eigenvalue weighted by Gasteiger charge is -2.31. The van der Waals surface area contributed by atoms with Crippen LogP contribution in [0, 0.1) is 5.92 Å². The molecule has 116 valence electrons. The van der Waals surface area contributed by atoms with Crippen LogP contribution in [-0.4, -0.2) is 29.0 Å². The topological polar surface area (TPSA) is 72.2 Å². The quantitative estimate of drug-likeness (QED) is 0.871. The first-order chi connectivity index (χ1) is 10.1. The van der Waals surface area contributed by atoms with Crippen molar-refractivity contribution in [1.29, 1.82) is 0 Å². The van der Waals surface area contributed by atoms with E-state index in [2.05, 4.69) is 5.32 Å². The minimum atomic E-state index is -0.900. The summed E-state index contributed by atoms with van der Waals surface area (Å²) in [4.78, 5) is 12.4. The predicted molar refractivity (Wildman–Crippen MR) is 86.5 cm³/mol. The molecule has 0 aromatic heterocycles. The molecular weight excluding hydrogens is 284 g/mol. The molecular formula is C16H24N2O2S. The Labute approximate surface area is 129 Å². The molecule has 21 heavy (non-hydrogen) atoms. The van der Waals surface area contributed by atoms with Gasteiger partial charge in [0.05, 0.1) is 0 Å². The molecule has 5 heteroatoms. The standard InChI is InChI=1S/C16H24N2O2S/c1-21(20)11-12-5-4-7-13(9-12)16(19)18-15-8-3-2-6-14(15)10-17/h4-5,7,9,14-15H,2-3,6,8,10-11,17H2,1H3,(H,18,19). The Morgan fingerprint density at radius 2 is 2.14 bits per heavy atom. The van der Waals surface area contributed by atoms with Crippen LogP contribution in [0.3, 0.4) is 0 Å². The largest absolute Gasteiger partial charge is 0.349 e. The average molecular weight is 308 g/mol. The number of hydrogen-bond acceptors (Lipinski definition) is 3. The van der Waals surface area contributed by atoms with Crippen molar-refractivity contribution >= 4 is 16.7 Å². The highest BCUT2D eigenvalue weighted by atomic mass is 32.2. The van der Waals surface area contributed by atoms with Gasteiger partial charge in [-0.2, -0.15) is 0 Å². The molecule has 1 aliphatic rings. The van der Waals surface area contributed by atoms with Gasteiger partial charge in [0.25, 0.3) is 5.91 Å². The number of amides is 1. The number of nitrogens with two attached hydrogens (primary N) is 1. The summed E-state index contributed by atoms with van der Waals surface area (Å²) in [6.45, 7) is 0.625. The summed E-state index contributed by atoms with van der Waals surface area (Å²) in [5.41, 5.74) is 7.37. The Bertz CT molecular complexity index is 519. The van der Waals surface area contributed by atoms with E-state index in [0.29, 0.717) is 23.8 Å². The van der Waals surface area contributed by atoms with Crippen molar-refractivity contribution in [2.75, 3.05) is 12.8 Å². The number of hydrogen-bond donors (Lipinski definition) is 2. The maximum absolute atomic E-state index is 12.4. The van der Waals surface area contributed by atoms with Gasteiger partial charge < -0.3 is 11.1 Å². The Hall–Kier alpha value is -1.20. The highest BCUT2D eigenvalue weighted by Gasteiger charge is 2.25.